The molecule has 154 valence electrons. The number of carbonyl (C=O) groups excluding carboxylic acids is 1. The monoisotopic (exact) mass is 402 g/mol. The minimum absolute atomic E-state index is 0.147. The van der Waals surface area contributed by atoms with Crippen LogP contribution >= 0.6 is 0 Å². The lowest BCUT2D eigenvalue weighted by Gasteiger charge is -2.13. The van der Waals surface area contributed by atoms with Crippen LogP contribution in [0, 0.1) is 13.8 Å². The molecule has 0 aliphatic carbocycles. The number of hydrogen-bond acceptors (Lipinski definition) is 4. The van der Waals surface area contributed by atoms with Gasteiger partial charge in [0.15, 0.2) is 5.65 Å². The highest BCUT2D eigenvalue weighted by atomic mass is 16.1. The van der Waals surface area contributed by atoms with E-state index in [0.717, 1.165) is 40.2 Å². The third-order valence-electron chi connectivity index (χ3n) is 5.20. The molecule has 1 atom stereocenters. The smallest absolute Gasteiger partial charge is 0.252 e. The van der Waals surface area contributed by atoms with Gasteiger partial charge in [-0.1, -0.05) is 30.3 Å². The van der Waals surface area contributed by atoms with Crippen LogP contribution in [0.25, 0.3) is 11.0 Å². The molecule has 0 aliphatic rings. The van der Waals surface area contributed by atoms with E-state index >= 15 is 0 Å². The van der Waals surface area contributed by atoms with Crippen molar-refractivity contribution in [3.63, 3.8) is 0 Å². The van der Waals surface area contributed by atoms with Crippen LogP contribution in [0.15, 0.2) is 48.7 Å². The van der Waals surface area contributed by atoms with Crippen LogP contribution in [0.3, 0.4) is 0 Å². The number of fused-ring (bicyclic) bond motifs is 1. The van der Waals surface area contributed by atoms with Crippen LogP contribution in [0.1, 0.15) is 52.9 Å². The van der Waals surface area contributed by atoms with Gasteiger partial charge >= 0.3 is 0 Å². The number of nitrogens with one attached hydrogen (secondary N) is 1. The van der Waals surface area contributed by atoms with Crippen molar-refractivity contribution in [3.8, 4) is 0 Å². The summed E-state index contributed by atoms with van der Waals surface area (Å²) >= 11 is 0. The second-order valence-corrected chi connectivity index (χ2v) is 7.53. The zero-order chi connectivity index (χ0) is 21.3. The molecule has 1 aromatic carbocycles. The van der Waals surface area contributed by atoms with E-state index in [1.54, 1.807) is 0 Å². The molecule has 4 aromatic rings. The minimum Gasteiger partial charge on any atom is -0.344 e. The van der Waals surface area contributed by atoms with Gasteiger partial charge in [0.25, 0.3) is 5.91 Å². The lowest BCUT2D eigenvalue weighted by molar-refractivity contribution is 0.0940. The Kier molecular flexibility index (Phi) is 5.35. The molecule has 0 aliphatic heterocycles. The maximum absolute atomic E-state index is 13.2. The first-order chi connectivity index (χ1) is 14.5. The Labute approximate surface area is 175 Å². The standard InChI is InChI=1S/C23H26N6O/c1-5-28-12-11-20(27-28)16(3)25-23(30)19-13-15(2)24-22-21(19)17(4)26-29(22)14-18-9-7-6-8-10-18/h6-13,16H,5,14H2,1-4H3,(H,25,30)/t16-/m0/s1. The maximum Gasteiger partial charge on any atom is 0.252 e. The fourth-order valence-electron chi connectivity index (χ4n) is 3.66. The van der Waals surface area contributed by atoms with Gasteiger partial charge in [0.2, 0.25) is 0 Å². The molecule has 0 unspecified atom stereocenters. The summed E-state index contributed by atoms with van der Waals surface area (Å²) in [5.74, 6) is -0.147. The Morgan fingerprint density at radius 3 is 2.60 bits per heavy atom. The summed E-state index contributed by atoms with van der Waals surface area (Å²) in [5, 5.41) is 13.0. The molecule has 4 rings (SSSR count). The fraction of sp³-hybridized carbons (Fsp3) is 0.304. The van der Waals surface area contributed by atoms with Crippen molar-refractivity contribution in [2.24, 2.45) is 0 Å². The van der Waals surface area contributed by atoms with Crippen molar-refractivity contribution in [2.45, 2.75) is 46.8 Å². The first kappa shape index (κ1) is 19.8. The third kappa shape index (κ3) is 3.83. The average molecular weight is 403 g/mol. The molecule has 3 heterocycles. The number of hydrogen-bond donors (Lipinski definition) is 1. The van der Waals surface area contributed by atoms with Gasteiger partial charge in [-0.05, 0) is 45.4 Å². The molecule has 1 amide bonds. The highest BCUT2D eigenvalue weighted by molar-refractivity contribution is 6.06. The lowest BCUT2D eigenvalue weighted by atomic mass is 10.1. The van der Waals surface area contributed by atoms with Crippen LogP contribution < -0.4 is 5.32 Å². The van der Waals surface area contributed by atoms with E-state index in [9.17, 15) is 4.79 Å². The van der Waals surface area contributed by atoms with E-state index < -0.39 is 0 Å². The molecule has 0 saturated carbocycles. The van der Waals surface area contributed by atoms with E-state index in [1.807, 2.05) is 73.6 Å². The molecule has 7 nitrogen and oxygen atoms in total. The Hall–Kier alpha value is -3.48. The van der Waals surface area contributed by atoms with Crippen LogP contribution in [0.2, 0.25) is 0 Å². The highest BCUT2D eigenvalue weighted by Crippen LogP contribution is 2.24. The number of amides is 1. The Balaban J connectivity index is 1.67. The maximum atomic E-state index is 13.2. The van der Waals surface area contributed by atoms with Crippen molar-refractivity contribution >= 4 is 16.9 Å². The Morgan fingerprint density at radius 1 is 1.13 bits per heavy atom. The van der Waals surface area contributed by atoms with Gasteiger partial charge in [-0.25, -0.2) is 9.67 Å². The normalized spacial score (nSPS) is 12.3. The number of benzene rings is 1. The predicted octanol–water partition coefficient (Wildman–Crippen LogP) is 3.80. The number of rotatable bonds is 6. The van der Waals surface area contributed by atoms with Gasteiger partial charge in [0.05, 0.1) is 34.9 Å². The Morgan fingerprint density at radius 2 is 1.90 bits per heavy atom. The van der Waals surface area contributed by atoms with Gasteiger partial charge in [-0.3, -0.25) is 9.48 Å². The van der Waals surface area contributed by atoms with Gasteiger partial charge in [0.1, 0.15) is 0 Å². The van der Waals surface area contributed by atoms with Crippen molar-refractivity contribution in [1.29, 1.82) is 0 Å². The summed E-state index contributed by atoms with van der Waals surface area (Å²) in [5.41, 5.74) is 4.87. The van der Waals surface area contributed by atoms with Gasteiger partial charge in [0, 0.05) is 18.4 Å². The highest BCUT2D eigenvalue weighted by Gasteiger charge is 2.21. The summed E-state index contributed by atoms with van der Waals surface area (Å²) < 4.78 is 3.72. The molecule has 30 heavy (non-hydrogen) atoms. The van der Waals surface area contributed by atoms with Crippen LogP contribution in [-0.4, -0.2) is 30.5 Å². The SMILES string of the molecule is CCn1ccc([C@H](C)NC(=O)c2cc(C)nc3c2c(C)nn3Cc2ccccc2)n1. The van der Waals surface area contributed by atoms with E-state index in [-0.39, 0.29) is 11.9 Å². The molecule has 7 heteroatoms. The largest absolute Gasteiger partial charge is 0.344 e. The summed E-state index contributed by atoms with van der Waals surface area (Å²) in [6.07, 6.45) is 1.92. The number of pyridine rings is 1. The van der Waals surface area contributed by atoms with Crippen LogP contribution in [0.4, 0.5) is 0 Å². The molecule has 1 N–H and O–H groups in total. The first-order valence-corrected chi connectivity index (χ1v) is 10.2. The van der Waals surface area contributed by atoms with Crippen LogP contribution in [0.5, 0.6) is 0 Å². The second-order valence-electron chi connectivity index (χ2n) is 7.53. The molecule has 0 radical (unpaired) electrons. The summed E-state index contributed by atoms with van der Waals surface area (Å²) in [7, 11) is 0. The summed E-state index contributed by atoms with van der Waals surface area (Å²) in [6.45, 7) is 9.20. The quantitative estimate of drug-likeness (QED) is 0.532. The lowest BCUT2D eigenvalue weighted by Crippen LogP contribution is -2.27. The molecule has 0 spiro atoms. The zero-order valence-corrected chi connectivity index (χ0v) is 17.8. The first-order valence-electron chi connectivity index (χ1n) is 10.2. The molecule has 0 bridgehead atoms. The number of aromatic nitrogens is 5. The van der Waals surface area contributed by atoms with Crippen molar-refractivity contribution in [3.05, 3.63) is 76.9 Å². The number of aryl methyl sites for hydroxylation is 3. The van der Waals surface area contributed by atoms with Crippen LogP contribution in [-0.2, 0) is 13.1 Å². The average Bonchev–Trinajstić information content (AvgIpc) is 3.33. The van der Waals surface area contributed by atoms with Gasteiger partial charge < -0.3 is 5.32 Å². The summed E-state index contributed by atoms with van der Waals surface area (Å²) in [4.78, 5) is 17.9. The van der Waals surface area contributed by atoms with Gasteiger partial charge in [-0.15, -0.1) is 0 Å². The molecular formula is C23H26N6O. The second kappa shape index (κ2) is 8.10. The number of carbonyl (C=O) groups is 1. The minimum atomic E-state index is -0.200. The van der Waals surface area contributed by atoms with Gasteiger partial charge in [-0.2, -0.15) is 10.2 Å². The molecule has 0 saturated heterocycles. The van der Waals surface area contributed by atoms with E-state index in [4.69, 9.17) is 4.98 Å². The third-order valence-corrected chi connectivity index (χ3v) is 5.20. The van der Waals surface area contributed by atoms with Crippen molar-refractivity contribution in [1.82, 2.24) is 29.9 Å². The predicted molar refractivity (Wildman–Crippen MR) is 116 cm³/mol. The van der Waals surface area contributed by atoms with Crippen molar-refractivity contribution < 1.29 is 4.79 Å². The topological polar surface area (TPSA) is 77.6 Å². The van der Waals surface area contributed by atoms with Crippen molar-refractivity contribution in [2.75, 3.05) is 0 Å². The van der Waals surface area contributed by atoms with E-state index in [0.29, 0.717) is 12.1 Å². The number of nitrogens with zero attached hydrogens (tertiary/aromatic N) is 5. The Bertz CT molecular complexity index is 1190. The van der Waals surface area contributed by atoms with E-state index in [1.165, 1.54) is 0 Å². The molecule has 0 fully saturated rings. The van der Waals surface area contributed by atoms with E-state index in [2.05, 4.69) is 27.6 Å². The molecule has 3 aromatic heterocycles. The fourth-order valence-corrected chi connectivity index (χ4v) is 3.66. The zero-order valence-electron chi connectivity index (χ0n) is 17.8. The summed E-state index contributed by atoms with van der Waals surface area (Å²) in [6, 6.07) is 13.7. The molecular weight excluding hydrogens is 376 g/mol.